The van der Waals surface area contributed by atoms with Crippen LogP contribution in [0.15, 0.2) is 40.1 Å². The number of hydrogen-bond donors (Lipinski definition) is 1. The van der Waals surface area contributed by atoms with Gasteiger partial charge in [-0.25, -0.2) is 4.79 Å². The van der Waals surface area contributed by atoms with Crippen molar-refractivity contribution in [2.24, 2.45) is 0 Å². The zero-order valence-corrected chi connectivity index (χ0v) is 18.2. The van der Waals surface area contributed by atoms with Crippen molar-refractivity contribution in [3.63, 3.8) is 0 Å². The molecule has 0 saturated carbocycles. The number of hydrogen-bond acceptors (Lipinski definition) is 6. The van der Waals surface area contributed by atoms with Crippen LogP contribution < -0.4 is 11.2 Å². The monoisotopic (exact) mass is 448 g/mol. The van der Waals surface area contributed by atoms with E-state index in [0.29, 0.717) is 23.4 Å². The van der Waals surface area contributed by atoms with Crippen LogP contribution in [0.5, 0.6) is 0 Å². The number of rotatable bonds is 8. The first-order valence-electron chi connectivity index (χ1n) is 10.2. The van der Waals surface area contributed by atoms with Crippen molar-refractivity contribution < 1.29 is 19.1 Å². The van der Waals surface area contributed by atoms with Gasteiger partial charge >= 0.3 is 11.7 Å². The number of carbonyl (C=O) groups is 2. The van der Waals surface area contributed by atoms with Crippen molar-refractivity contribution in [1.29, 1.82) is 0 Å². The Balaban J connectivity index is 1.71. The maximum absolute atomic E-state index is 12.5. The molecule has 1 N–H and O–H groups in total. The summed E-state index contributed by atoms with van der Waals surface area (Å²) in [5, 5.41) is 0.537. The molecule has 1 aliphatic heterocycles. The molecule has 0 bridgehead atoms. The molecule has 3 atom stereocenters. The second-order valence-corrected chi connectivity index (χ2v) is 7.94. The molecular formula is C22H25ClN2O6. The molecule has 8 nitrogen and oxygen atoms in total. The third-order valence-corrected chi connectivity index (χ3v) is 5.65. The molecule has 0 spiro atoms. The number of nitrogens with zero attached hydrogens (tertiary/aromatic N) is 1. The lowest BCUT2D eigenvalue weighted by Gasteiger charge is -2.18. The topological polar surface area (TPSA) is 107 Å². The van der Waals surface area contributed by atoms with Crippen molar-refractivity contribution in [1.82, 2.24) is 9.55 Å². The number of aryl methyl sites for hydroxylation is 1. The van der Waals surface area contributed by atoms with Gasteiger partial charge in [0, 0.05) is 43.0 Å². The molecule has 166 valence electrons. The van der Waals surface area contributed by atoms with Crippen LogP contribution in [-0.4, -0.2) is 33.5 Å². The second kappa shape index (κ2) is 10.1. The summed E-state index contributed by atoms with van der Waals surface area (Å²) >= 11 is 6.12. The first-order valence-corrected chi connectivity index (χ1v) is 10.6. The molecule has 1 aromatic heterocycles. The van der Waals surface area contributed by atoms with Crippen LogP contribution in [-0.2, 0) is 31.9 Å². The standard InChI is InChI=1S/C22H25ClN2O6/c1-3-14-12-25(22(29)24-21(14)28)20-11-19(30-13(2)26)18(31-20)9-8-16(27)10-15-6-4-5-7-17(15)23/h4-7,12,18-20H,3,8-11H2,1-2H3,(H,24,28,29)/t18-,19?,20-/m0/s1. The van der Waals surface area contributed by atoms with Crippen LogP contribution in [0.1, 0.15) is 50.5 Å². The van der Waals surface area contributed by atoms with E-state index in [1.165, 1.54) is 17.7 Å². The largest absolute Gasteiger partial charge is 0.460 e. The minimum Gasteiger partial charge on any atom is -0.460 e. The number of carbonyl (C=O) groups excluding carboxylic acids is 2. The smallest absolute Gasteiger partial charge is 0.330 e. The first kappa shape index (κ1) is 23.0. The predicted molar refractivity (Wildman–Crippen MR) is 114 cm³/mol. The average molecular weight is 449 g/mol. The Morgan fingerprint density at radius 2 is 2.00 bits per heavy atom. The fourth-order valence-corrected chi connectivity index (χ4v) is 3.91. The van der Waals surface area contributed by atoms with E-state index < -0.39 is 35.7 Å². The summed E-state index contributed by atoms with van der Waals surface area (Å²) < 4.78 is 12.7. The van der Waals surface area contributed by atoms with Crippen molar-refractivity contribution in [2.75, 3.05) is 0 Å². The number of nitrogens with one attached hydrogen (secondary N) is 1. The second-order valence-electron chi connectivity index (χ2n) is 7.53. The van der Waals surface area contributed by atoms with Crippen molar-refractivity contribution in [3.8, 4) is 0 Å². The van der Waals surface area contributed by atoms with Crippen LogP contribution in [0.2, 0.25) is 5.02 Å². The molecule has 1 aromatic carbocycles. The minimum absolute atomic E-state index is 0.0174. The van der Waals surface area contributed by atoms with E-state index in [1.807, 2.05) is 13.0 Å². The van der Waals surface area contributed by atoms with Crippen LogP contribution in [0, 0.1) is 0 Å². The Labute approximate surface area is 184 Å². The zero-order valence-electron chi connectivity index (χ0n) is 17.4. The lowest BCUT2D eigenvalue weighted by atomic mass is 10.0. The molecular weight excluding hydrogens is 424 g/mol. The summed E-state index contributed by atoms with van der Waals surface area (Å²) in [5.41, 5.74) is 0.178. The Bertz CT molecular complexity index is 1080. The van der Waals surface area contributed by atoms with Gasteiger partial charge in [0.2, 0.25) is 0 Å². The fourth-order valence-electron chi connectivity index (χ4n) is 3.70. The highest BCUT2D eigenvalue weighted by molar-refractivity contribution is 6.31. The number of Topliss-reactive ketones (excluding diaryl/α,β-unsaturated/α-hetero) is 1. The molecule has 1 fully saturated rings. The highest BCUT2D eigenvalue weighted by atomic mass is 35.5. The molecule has 2 heterocycles. The number of halogens is 1. The Kier molecular flexibility index (Phi) is 7.46. The van der Waals surface area contributed by atoms with Gasteiger partial charge in [-0.2, -0.15) is 0 Å². The fraction of sp³-hybridized carbons (Fsp3) is 0.455. The van der Waals surface area contributed by atoms with Gasteiger partial charge in [0.15, 0.2) is 0 Å². The highest BCUT2D eigenvalue weighted by Crippen LogP contribution is 2.32. The van der Waals surface area contributed by atoms with Gasteiger partial charge < -0.3 is 9.47 Å². The lowest BCUT2D eigenvalue weighted by Crippen LogP contribution is -2.34. The third kappa shape index (κ3) is 5.71. The Morgan fingerprint density at radius 3 is 2.68 bits per heavy atom. The highest BCUT2D eigenvalue weighted by Gasteiger charge is 2.39. The predicted octanol–water partition coefficient (Wildman–Crippen LogP) is 2.56. The third-order valence-electron chi connectivity index (χ3n) is 5.28. The molecule has 31 heavy (non-hydrogen) atoms. The van der Waals surface area contributed by atoms with Gasteiger partial charge in [0.25, 0.3) is 5.56 Å². The van der Waals surface area contributed by atoms with Crippen molar-refractivity contribution in [3.05, 3.63) is 67.4 Å². The van der Waals surface area contributed by atoms with E-state index in [4.69, 9.17) is 21.1 Å². The van der Waals surface area contributed by atoms with Crippen molar-refractivity contribution >= 4 is 23.4 Å². The number of H-pyrrole nitrogens is 1. The lowest BCUT2D eigenvalue weighted by molar-refractivity contribution is -0.149. The van der Waals surface area contributed by atoms with E-state index in [9.17, 15) is 19.2 Å². The molecule has 9 heteroatoms. The van der Waals surface area contributed by atoms with Crippen LogP contribution in [0.4, 0.5) is 0 Å². The number of aromatic nitrogens is 2. The summed E-state index contributed by atoms with van der Waals surface area (Å²) in [7, 11) is 0. The van der Waals surface area contributed by atoms with Gasteiger partial charge in [0.1, 0.15) is 18.1 Å². The van der Waals surface area contributed by atoms with E-state index in [0.717, 1.165) is 5.56 Å². The Morgan fingerprint density at radius 1 is 1.26 bits per heavy atom. The molecule has 3 rings (SSSR count). The summed E-state index contributed by atoms with van der Waals surface area (Å²) in [6, 6.07) is 7.16. The normalized spacial score (nSPS) is 20.5. The summed E-state index contributed by atoms with van der Waals surface area (Å²) in [6.45, 7) is 3.11. The Hall–Kier alpha value is -2.71. The van der Waals surface area contributed by atoms with Crippen molar-refractivity contribution in [2.45, 2.75) is 64.4 Å². The number of ketones is 1. The van der Waals surface area contributed by atoms with E-state index in [1.54, 1.807) is 18.2 Å². The SMILES string of the molecule is CCc1cn([C@@H]2CC(OC(C)=O)[C@H](CCC(=O)Cc3ccccc3Cl)O2)c(=O)[nH]c1=O. The number of ether oxygens (including phenoxy) is 2. The molecule has 1 saturated heterocycles. The molecule has 1 aliphatic rings. The van der Waals surface area contributed by atoms with Gasteiger partial charge in [-0.3, -0.25) is 23.9 Å². The molecule has 0 aliphatic carbocycles. The van der Waals surface area contributed by atoms with Gasteiger partial charge in [-0.1, -0.05) is 36.7 Å². The summed E-state index contributed by atoms with van der Waals surface area (Å²) in [6.07, 6.45) is 1.07. The van der Waals surface area contributed by atoms with E-state index in [2.05, 4.69) is 4.98 Å². The summed E-state index contributed by atoms with van der Waals surface area (Å²) in [4.78, 5) is 50.4. The molecule has 0 radical (unpaired) electrons. The summed E-state index contributed by atoms with van der Waals surface area (Å²) in [5.74, 6) is -0.485. The van der Waals surface area contributed by atoms with E-state index >= 15 is 0 Å². The van der Waals surface area contributed by atoms with Crippen LogP contribution in [0.25, 0.3) is 0 Å². The zero-order chi connectivity index (χ0) is 22.5. The molecule has 0 amide bonds. The van der Waals surface area contributed by atoms with Gasteiger partial charge in [0.05, 0.1) is 6.10 Å². The minimum atomic E-state index is -0.706. The average Bonchev–Trinajstić information content (AvgIpc) is 3.10. The molecule has 2 aromatic rings. The molecule has 1 unspecified atom stereocenters. The number of esters is 1. The quantitative estimate of drug-likeness (QED) is 0.622. The number of benzene rings is 1. The maximum atomic E-state index is 12.5. The van der Waals surface area contributed by atoms with Crippen LogP contribution >= 0.6 is 11.6 Å². The van der Waals surface area contributed by atoms with Crippen LogP contribution in [0.3, 0.4) is 0 Å². The first-order chi connectivity index (χ1) is 14.8. The van der Waals surface area contributed by atoms with E-state index in [-0.39, 0.29) is 25.0 Å². The van der Waals surface area contributed by atoms with Gasteiger partial charge in [-0.15, -0.1) is 0 Å². The number of aromatic amines is 1. The maximum Gasteiger partial charge on any atom is 0.330 e. The van der Waals surface area contributed by atoms with Gasteiger partial charge in [-0.05, 0) is 24.5 Å².